The van der Waals surface area contributed by atoms with Crippen molar-refractivity contribution < 1.29 is 19.4 Å². The molecule has 0 atom stereocenters. The average Bonchev–Trinajstić information content (AvgIpc) is 2.40. The fourth-order valence-electron chi connectivity index (χ4n) is 2.21. The van der Waals surface area contributed by atoms with Crippen molar-refractivity contribution in [1.82, 2.24) is 5.32 Å². The van der Waals surface area contributed by atoms with E-state index < -0.39 is 5.97 Å². The lowest BCUT2D eigenvalue weighted by Crippen LogP contribution is -2.50. The minimum absolute atomic E-state index is 0.0974. The highest BCUT2D eigenvalue weighted by Gasteiger charge is 2.37. The lowest BCUT2D eigenvalue weighted by Gasteiger charge is -2.40. The first-order valence-corrected chi connectivity index (χ1v) is 7.38. The predicted molar refractivity (Wildman–Crippen MR) is 81.7 cm³/mol. The van der Waals surface area contributed by atoms with Gasteiger partial charge in [-0.2, -0.15) is 0 Å². The van der Waals surface area contributed by atoms with Crippen LogP contribution in [-0.2, 0) is 4.74 Å². The predicted octanol–water partition coefficient (Wildman–Crippen LogP) is 2.84. The van der Waals surface area contributed by atoms with E-state index in [1.54, 1.807) is 19.2 Å². The molecule has 114 valence electrons. The molecule has 1 aliphatic rings. The second-order valence-corrected chi connectivity index (χ2v) is 5.90. The minimum atomic E-state index is -1.06. The normalized spacial score (nSPS) is 15.9. The SMILES string of the molecule is COC1(CNC(=O)Nc2ccc(Br)c(C(=O)O)c2)CCC1. The van der Waals surface area contributed by atoms with E-state index in [0.29, 0.717) is 16.7 Å². The van der Waals surface area contributed by atoms with E-state index in [1.807, 2.05) is 0 Å². The first kappa shape index (κ1) is 15.8. The van der Waals surface area contributed by atoms with Crippen molar-refractivity contribution in [2.24, 2.45) is 0 Å². The Kier molecular flexibility index (Phi) is 4.84. The maximum Gasteiger partial charge on any atom is 0.336 e. The van der Waals surface area contributed by atoms with Gasteiger partial charge in [0.2, 0.25) is 0 Å². The van der Waals surface area contributed by atoms with Gasteiger partial charge in [-0.1, -0.05) is 0 Å². The molecule has 0 heterocycles. The van der Waals surface area contributed by atoms with Crippen LogP contribution < -0.4 is 10.6 Å². The fourth-order valence-corrected chi connectivity index (χ4v) is 2.62. The number of ether oxygens (including phenoxy) is 1. The van der Waals surface area contributed by atoms with Crippen molar-refractivity contribution in [3.63, 3.8) is 0 Å². The number of aromatic carboxylic acids is 1. The Morgan fingerprint density at radius 2 is 2.14 bits per heavy atom. The Morgan fingerprint density at radius 1 is 1.43 bits per heavy atom. The van der Waals surface area contributed by atoms with Crippen LogP contribution in [0.2, 0.25) is 0 Å². The van der Waals surface area contributed by atoms with Gasteiger partial charge in [0.25, 0.3) is 0 Å². The number of carboxylic acids is 1. The molecule has 3 N–H and O–H groups in total. The van der Waals surface area contributed by atoms with E-state index in [1.165, 1.54) is 6.07 Å². The Morgan fingerprint density at radius 3 is 2.67 bits per heavy atom. The van der Waals surface area contributed by atoms with Gasteiger partial charge < -0.3 is 20.5 Å². The van der Waals surface area contributed by atoms with E-state index in [2.05, 4.69) is 26.6 Å². The molecule has 0 unspecified atom stereocenters. The number of hydrogen-bond acceptors (Lipinski definition) is 3. The zero-order valence-electron chi connectivity index (χ0n) is 11.6. The topological polar surface area (TPSA) is 87.7 Å². The van der Waals surface area contributed by atoms with Crippen LogP contribution >= 0.6 is 15.9 Å². The number of nitrogens with one attached hydrogen (secondary N) is 2. The van der Waals surface area contributed by atoms with Gasteiger partial charge in [-0.05, 0) is 53.4 Å². The second kappa shape index (κ2) is 6.44. The smallest absolute Gasteiger partial charge is 0.336 e. The summed E-state index contributed by atoms with van der Waals surface area (Å²) in [5.41, 5.74) is 0.275. The first-order valence-electron chi connectivity index (χ1n) is 6.59. The molecule has 2 amide bonds. The molecular formula is C14H17BrN2O4. The zero-order chi connectivity index (χ0) is 15.5. The number of carbonyl (C=O) groups excluding carboxylic acids is 1. The molecule has 1 aromatic rings. The molecule has 1 aliphatic carbocycles. The van der Waals surface area contributed by atoms with E-state index in [-0.39, 0.29) is 17.2 Å². The fraction of sp³-hybridized carbons (Fsp3) is 0.429. The number of halogens is 1. The number of benzene rings is 1. The summed E-state index contributed by atoms with van der Waals surface area (Å²) >= 11 is 3.15. The summed E-state index contributed by atoms with van der Waals surface area (Å²) in [4.78, 5) is 22.9. The van der Waals surface area contributed by atoms with Crippen molar-refractivity contribution in [2.45, 2.75) is 24.9 Å². The van der Waals surface area contributed by atoms with Gasteiger partial charge >= 0.3 is 12.0 Å². The molecule has 21 heavy (non-hydrogen) atoms. The molecule has 6 nitrogen and oxygen atoms in total. The molecule has 1 fully saturated rings. The van der Waals surface area contributed by atoms with Crippen LogP contribution in [0.4, 0.5) is 10.5 Å². The molecule has 1 aromatic carbocycles. The van der Waals surface area contributed by atoms with E-state index >= 15 is 0 Å². The summed E-state index contributed by atoms with van der Waals surface area (Å²) in [6.45, 7) is 0.442. The summed E-state index contributed by atoms with van der Waals surface area (Å²) in [5.74, 6) is -1.06. The molecule has 1 saturated carbocycles. The van der Waals surface area contributed by atoms with Crippen LogP contribution in [0, 0.1) is 0 Å². The molecule has 0 radical (unpaired) electrons. The standard InChI is InChI=1S/C14H17BrN2O4/c1-21-14(5-2-6-14)8-16-13(20)17-9-3-4-11(15)10(7-9)12(18)19/h3-4,7H,2,5-6,8H2,1H3,(H,18,19)(H2,16,17,20). The highest BCUT2D eigenvalue weighted by atomic mass is 79.9. The lowest BCUT2D eigenvalue weighted by molar-refractivity contribution is -0.0671. The molecule has 0 bridgehead atoms. The highest BCUT2D eigenvalue weighted by Crippen LogP contribution is 2.34. The molecule has 0 aromatic heterocycles. The summed E-state index contributed by atoms with van der Waals surface area (Å²) in [6.07, 6.45) is 2.97. The number of methoxy groups -OCH3 is 1. The molecular weight excluding hydrogens is 340 g/mol. The van der Waals surface area contributed by atoms with E-state index in [4.69, 9.17) is 9.84 Å². The third-order valence-corrected chi connectivity index (χ3v) is 4.42. The molecule has 0 saturated heterocycles. The Labute approximate surface area is 131 Å². The number of anilines is 1. The Balaban J connectivity index is 1.93. The first-order chi connectivity index (χ1) is 9.96. The van der Waals surface area contributed by atoms with Crippen molar-refractivity contribution in [3.8, 4) is 0 Å². The van der Waals surface area contributed by atoms with Gasteiger partial charge in [0.15, 0.2) is 0 Å². The van der Waals surface area contributed by atoms with Gasteiger partial charge in [0, 0.05) is 23.8 Å². The summed E-state index contributed by atoms with van der Waals surface area (Å²) in [6, 6.07) is 4.24. The monoisotopic (exact) mass is 356 g/mol. The molecule has 0 spiro atoms. The van der Waals surface area contributed by atoms with Crippen molar-refractivity contribution in [3.05, 3.63) is 28.2 Å². The maximum atomic E-state index is 11.8. The summed E-state index contributed by atoms with van der Waals surface area (Å²) < 4.78 is 5.88. The third kappa shape index (κ3) is 3.74. The number of amides is 2. The van der Waals surface area contributed by atoms with Gasteiger partial charge in [0.05, 0.1) is 11.2 Å². The van der Waals surface area contributed by atoms with Gasteiger partial charge in [-0.3, -0.25) is 0 Å². The third-order valence-electron chi connectivity index (χ3n) is 3.72. The van der Waals surface area contributed by atoms with Crippen LogP contribution in [0.3, 0.4) is 0 Å². The summed E-state index contributed by atoms with van der Waals surface area (Å²) in [5, 5.41) is 14.4. The summed E-state index contributed by atoms with van der Waals surface area (Å²) in [7, 11) is 1.65. The largest absolute Gasteiger partial charge is 0.478 e. The number of urea groups is 1. The minimum Gasteiger partial charge on any atom is -0.478 e. The number of hydrogen-bond donors (Lipinski definition) is 3. The lowest BCUT2D eigenvalue weighted by atomic mass is 9.80. The molecule has 2 rings (SSSR count). The van der Waals surface area contributed by atoms with Crippen molar-refractivity contribution >= 4 is 33.6 Å². The van der Waals surface area contributed by atoms with Crippen LogP contribution in [0.15, 0.2) is 22.7 Å². The van der Waals surface area contributed by atoms with Gasteiger partial charge in [-0.25, -0.2) is 9.59 Å². The molecule has 0 aliphatic heterocycles. The quantitative estimate of drug-likeness (QED) is 0.756. The second-order valence-electron chi connectivity index (χ2n) is 5.05. The average molecular weight is 357 g/mol. The van der Waals surface area contributed by atoms with E-state index in [0.717, 1.165) is 19.3 Å². The van der Waals surface area contributed by atoms with Crippen molar-refractivity contribution in [2.75, 3.05) is 19.0 Å². The number of carboxylic acid groups (broad SMARTS) is 1. The van der Waals surface area contributed by atoms with Crippen LogP contribution in [0.1, 0.15) is 29.6 Å². The molecule has 7 heteroatoms. The van der Waals surface area contributed by atoms with Crippen LogP contribution in [0.5, 0.6) is 0 Å². The van der Waals surface area contributed by atoms with Gasteiger partial charge in [0.1, 0.15) is 0 Å². The van der Waals surface area contributed by atoms with Crippen LogP contribution in [0.25, 0.3) is 0 Å². The van der Waals surface area contributed by atoms with E-state index in [9.17, 15) is 9.59 Å². The maximum absolute atomic E-state index is 11.8. The number of carbonyl (C=O) groups is 2. The highest BCUT2D eigenvalue weighted by molar-refractivity contribution is 9.10. The zero-order valence-corrected chi connectivity index (χ0v) is 13.2. The van der Waals surface area contributed by atoms with Crippen molar-refractivity contribution in [1.29, 1.82) is 0 Å². The van der Waals surface area contributed by atoms with Crippen LogP contribution in [-0.4, -0.2) is 36.4 Å². The van der Waals surface area contributed by atoms with Gasteiger partial charge in [-0.15, -0.1) is 0 Å². The Hall–Kier alpha value is -1.60. The Bertz CT molecular complexity index is 552. The number of rotatable bonds is 5.